The van der Waals surface area contributed by atoms with E-state index in [9.17, 15) is 14.9 Å². The van der Waals surface area contributed by atoms with E-state index in [0.717, 1.165) is 0 Å². The minimum Gasteiger partial charge on any atom is -0.277 e. The number of carbonyl (C=O) groups is 1. The molecule has 0 fully saturated rings. The summed E-state index contributed by atoms with van der Waals surface area (Å²) in [7, 11) is 0. The summed E-state index contributed by atoms with van der Waals surface area (Å²) in [6, 6.07) is 4.58. The highest BCUT2D eigenvalue weighted by molar-refractivity contribution is 5.80. The molecule has 1 rings (SSSR count). The van der Waals surface area contributed by atoms with Gasteiger partial charge in [-0.1, -0.05) is 0 Å². The minimum absolute atomic E-state index is 0.0653. The van der Waals surface area contributed by atoms with E-state index in [-0.39, 0.29) is 5.69 Å². The number of benzene rings is 1. The SMILES string of the molecule is Cc1cc(C=NNC=O)ccc1[N+](=O)[O-]. The number of amides is 1. The molecule has 0 bridgehead atoms. The predicted molar refractivity (Wildman–Crippen MR) is 54.6 cm³/mol. The molecule has 6 heteroatoms. The van der Waals surface area contributed by atoms with Crippen molar-refractivity contribution in [3.63, 3.8) is 0 Å². The summed E-state index contributed by atoms with van der Waals surface area (Å²) in [5.74, 6) is 0. The first-order valence-electron chi connectivity index (χ1n) is 4.12. The van der Waals surface area contributed by atoms with Crippen LogP contribution < -0.4 is 5.43 Å². The summed E-state index contributed by atoms with van der Waals surface area (Å²) < 4.78 is 0. The second-order valence-electron chi connectivity index (χ2n) is 2.81. The third-order valence-electron chi connectivity index (χ3n) is 1.76. The van der Waals surface area contributed by atoms with Gasteiger partial charge < -0.3 is 0 Å². The second kappa shape index (κ2) is 4.85. The van der Waals surface area contributed by atoms with Crippen molar-refractivity contribution >= 4 is 18.3 Å². The molecule has 0 aliphatic rings. The molecule has 0 unspecified atom stereocenters. The van der Waals surface area contributed by atoms with Gasteiger partial charge >= 0.3 is 0 Å². The summed E-state index contributed by atoms with van der Waals surface area (Å²) in [6.45, 7) is 1.64. The maximum atomic E-state index is 10.5. The zero-order chi connectivity index (χ0) is 11.3. The number of nitro groups is 1. The van der Waals surface area contributed by atoms with Crippen molar-refractivity contribution in [3.05, 3.63) is 39.4 Å². The van der Waals surface area contributed by atoms with Crippen molar-refractivity contribution < 1.29 is 9.72 Å². The average molecular weight is 207 g/mol. The molecule has 0 spiro atoms. The van der Waals surface area contributed by atoms with Crippen LogP contribution >= 0.6 is 0 Å². The highest BCUT2D eigenvalue weighted by atomic mass is 16.6. The standard InChI is InChI=1S/C9H9N3O3/c1-7-4-8(5-10-11-6-13)2-3-9(7)12(14)15/h2-6H,1H3,(H,11,13). The van der Waals surface area contributed by atoms with Gasteiger partial charge in [0.1, 0.15) is 0 Å². The summed E-state index contributed by atoms with van der Waals surface area (Å²) in [4.78, 5) is 20.0. The van der Waals surface area contributed by atoms with Gasteiger partial charge in [-0.25, -0.2) is 5.43 Å². The summed E-state index contributed by atoms with van der Waals surface area (Å²) >= 11 is 0. The Morgan fingerprint density at radius 1 is 1.53 bits per heavy atom. The third kappa shape index (κ3) is 2.87. The molecule has 0 aliphatic carbocycles. The molecule has 1 amide bonds. The Morgan fingerprint density at radius 2 is 2.27 bits per heavy atom. The van der Waals surface area contributed by atoms with Gasteiger partial charge in [0.2, 0.25) is 6.41 Å². The van der Waals surface area contributed by atoms with Gasteiger partial charge in [-0.2, -0.15) is 5.10 Å². The number of aryl methyl sites for hydroxylation is 1. The van der Waals surface area contributed by atoms with Crippen LogP contribution in [0.25, 0.3) is 0 Å². The van der Waals surface area contributed by atoms with Gasteiger partial charge in [0.25, 0.3) is 5.69 Å². The summed E-state index contributed by atoms with van der Waals surface area (Å²) in [6.07, 6.45) is 1.85. The van der Waals surface area contributed by atoms with Gasteiger partial charge in [0.05, 0.1) is 11.1 Å². The van der Waals surface area contributed by atoms with E-state index >= 15 is 0 Å². The van der Waals surface area contributed by atoms with Crippen LogP contribution in [-0.2, 0) is 4.79 Å². The molecular weight excluding hydrogens is 198 g/mol. The highest BCUT2D eigenvalue weighted by Crippen LogP contribution is 2.17. The second-order valence-corrected chi connectivity index (χ2v) is 2.81. The smallest absolute Gasteiger partial charge is 0.272 e. The molecule has 1 aromatic rings. The predicted octanol–water partition coefficient (Wildman–Crippen LogP) is 0.983. The molecule has 0 saturated carbocycles. The first-order chi connectivity index (χ1) is 7.15. The monoisotopic (exact) mass is 207 g/mol. The Hall–Kier alpha value is -2.24. The van der Waals surface area contributed by atoms with Gasteiger partial charge in [0, 0.05) is 11.6 Å². The van der Waals surface area contributed by atoms with E-state index in [1.165, 1.54) is 12.3 Å². The highest BCUT2D eigenvalue weighted by Gasteiger charge is 2.08. The van der Waals surface area contributed by atoms with Gasteiger partial charge in [0.15, 0.2) is 0 Å². The van der Waals surface area contributed by atoms with Crippen LogP contribution in [0.2, 0.25) is 0 Å². The van der Waals surface area contributed by atoms with Crippen molar-refractivity contribution in [3.8, 4) is 0 Å². The van der Waals surface area contributed by atoms with E-state index in [1.54, 1.807) is 19.1 Å². The molecule has 0 saturated heterocycles. The van der Waals surface area contributed by atoms with Crippen molar-refractivity contribution in [2.24, 2.45) is 5.10 Å². The molecule has 0 radical (unpaired) electrons. The summed E-state index contributed by atoms with van der Waals surface area (Å²) in [5.41, 5.74) is 3.41. The van der Waals surface area contributed by atoms with Gasteiger partial charge in [-0.05, 0) is 24.6 Å². The first kappa shape index (κ1) is 10.8. The van der Waals surface area contributed by atoms with Crippen LogP contribution in [0.4, 0.5) is 5.69 Å². The molecule has 78 valence electrons. The lowest BCUT2D eigenvalue weighted by atomic mass is 10.1. The molecule has 0 atom stereocenters. The van der Waals surface area contributed by atoms with Crippen LogP contribution in [0.5, 0.6) is 0 Å². The van der Waals surface area contributed by atoms with E-state index in [0.29, 0.717) is 17.5 Å². The van der Waals surface area contributed by atoms with Gasteiger partial charge in [-0.15, -0.1) is 0 Å². The fourth-order valence-corrected chi connectivity index (χ4v) is 1.11. The van der Waals surface area contributed by atoms with E-state index in [2.05, 4.69) is 10.5 Å². The number of nitro benzene ring substituents is 1. The maximum Gasteiger partial charge on any atom is 0.272 e. The quantitative estimate of drug-likeness (QED) is 0.345. The number of nitrogens with zero attached hydrogens (tertiary/aromatic N) is 2. The zero-order valence-corrected chi connectivity index (χ0v) is 8.01. The Kier molecular flexibility index (Phi) is 3.50. The number of hydrazone groups is 1. The zero-order valence-electron chi connectivity index (χ0n) is 8.01. The lowest BCUT2D eigenvalue weighted by Crippen LogP contribution is -2.01. The number of carbonyl (C=O) groups excluding carboxylic acids is 1. The van der Waals surface area contributed by atoms with Gasteiger partial charge in [-0.3, -0.25) is 14.9 Å². The van der Waals surface area contributed by atoms with Crippen LogP contribution in [0.3, 0.4) is 0 Å². The fraction of sp³-hybridized carbons (Fsp3) is 0.111. The van der Waals surface area contributed by atoms with Crippen LogP contribution in [0.1, 0.15) is 11.1 Å². The number of rotatable bonds is 4. The molecule has 1 N–H and O–H groups in total. The summed E-state index contributed by atoms with van der Waals surface area (Å²) in [5, 5.41) is 14.1. The molecule has 6 nitrogen and oxygen atoms in total. The number of nitrogens with one attached hydrogen (secondary N) is 1. The lowest BCUT2D eigenvalue weighted by molar-refractivity contribution is -0.385. The normalized spacial score (nSPS) is 10.2. The first-order valence-corrected chi connectivity index (χ1v) is 4.12. The van der Waals surface area contributed by atoms with Crippen LogP contribution in [-0.4, -0.2) is 17.5 Å². The number of hydrogen-bond donors (Lipinski definition) is 1. The molecule has 0 aromatic heterocycles. The largest absolute Gasteiger partial charge is 0.277 e. The minimum atomic E-state index is -0.445. The molecule has 0 aliphatic heterocycles. The Labute approximate surface area is 85.8 Å². The maximum absolute atomic E-state index is 10.5. The van der Waals surface area contributed by atoms with Crippen molar-refractivity contribution in [2.45, 2.75) is 6.92 Å². The van der Waals surface area contributed by atoms with Crippen molar-refractivity contribution in [2.75, 3.05) is 0 Å². The van der Waals surface area contributed by atoms with E-state index in [1.807, 2.05) is 0 Å². The van der Waals surface area contributed by atoms with Crippen molar-refractivity contribution in [1.29, 1.82) is 0 Å². The topological polar surface area (TPSA) is 84.6 Å². The third-order valence-corrected chi connectivity index (χ3v) is 1.76. The number of hydrogen-bond acceptors (Lipinski definition) is 4. The lowest BCUT2D eigenvalue weighted by Gasteiger charge is -1.97. The Balaban J connectivity index is 2.91. The van der Waals surface area contributed by atoms with Crippen LogP contribution in [0.15, 0.2) is 23.3 Å². The molecular formula is C9H9N3O3. The van der Waals surface area contributed by atoms with Crippen molar-refractivity contribution in [1.82, 2.24) is 5.43 Å². The molecule has 15 heavy (non-hydrogen) atoms. The molecule has 1 aromatic carbocycles. The fourth-order valence-electron chi connectivity index (χ4n) is 1.11. The van der Waals surface area contributed by atoms with Crippen LogP contribution in [0, 0.1) is 17.0 Å². The Morgan fingerprint density at radius 3 is 2.80 bits per heavy atom. The average Bonchev–Trinajstić information content (AvgIpc) is 2.17. The Bertz CT molecular complexity index is 415. The van der Waals surface area contributed by atoms with E-state index in [4.69, 9.17) is 0 Å². The molecule has 0 heterocycles. The van der Waals surface area contributed by atoms with E-state index < -0.39 is 4.92 Å².